The molecule has 0 aliphatic heterocycles. The molecule has 0 spiro atoms. The SMILES string of the molecule is COc1cc2c(cc1F)nc(N)n2Cc1cscc1C. The fourth-order valence-electron chi connectivity index (χ4n) is 2.19. The highest BCUT2D eigenvalue weighted by atomic mass is 32.1. The molecule has 20 heavy (non-hydrogen) atoms. The number of thiophene rings is 1. The van der Waals surface area contributed by atoms with Gasteiger partial charge in [-0.25, -0.2) is 9.37 Å². The smallest absolute Gasteiger partial charge is 0.201 e. The summed E-state index contributed by atoms with van der Waals surface area (Å²) in [5.74, 6) is 0.135. The van der Waals surface area contributed by atoms with E-state index in [1.165, 1.54) is 24.3 Å². The van der Waals surface area contributed by atoms with Crippen molar-refractivity contribution < 1.29 is 9.13 Å². The number of aryl methyl sites for hydroxylation is 1. The summed E-state index contributed by atoms with van der Waals surface area (Å²) in [7, 11) is 1.44. The summed E-state index contributed by atoms with van der Waals surface area (Å²) < 4.78 is 20.6. The van der Waals surface area contributed by atoms with Crippen LogP contribution in [-0.4, -0.2) is 16.7 Å². The second-order valence-electron chi connectivity index (χ2n) is 4.61. The largest absolute Gasteiger partial charge is 0.494 e. The van der Waals surface area contributed by atoms with Gasteiger partial charge in [0.25, 0.3) is 0 Å². The Morgan fingerprint density at radius 3 is 2.85 bits per heavy atom. The maximum Gasteiger partial charge on any atom is 0.201 e. The fraction of sp³-hybridized carbons (Fsp3) is 0.214. The van der Waals surface area contributed by atoms with Crippen molar-refractivity contribution in [2.24, 2.45) is 0 Å². The van der Waals surface area contributed by atoms with Gasteiger partial charge in [0, 0.05) is 12.1 Å². The number of benzene rings is 1. The van der Waals surface area contributed by atoms with Crippen LogP contribution >= 0.6 is 11.3 Å². The van der Waals surface area contributed by atoms with E-state index >= 15 is 0 Å². The van der Waals surface area contributed by atoms with E-state index in [-0.39, 0.29) is 5.75 Å². The minimum atomic E-state index is -0.434. The zero-order valence-electron chi connectivity index (χ0n) is 11.2. The second-order valence-corrected chi connectivity index (χ2v) is 5.36. The minimum Gasteiger partial charge on any atom is -0.494 e. The quantitative estimate of drug-likeness (QED) is 0.806. The van der Waals surface area contributed by atoms with Crippen LogP contribution < -0.4 is 10.5 Å². The molecule has 3 rings (SSSR count). The van der Waals surface area contributed by atoms with Crippen molar-refractivity contribution in [1.82, 2.24) is 9.55 Å². The van der Waals surface area contributed by atoms with E-state index in [1.807, 2.05) is 4.57 Å². The van der Waals surface area contributed by atoms with Crippen molar-refractivity contribution >= 4 is 28.3 Å². The summed E-state index contributed by atoms with van der Waals surface area (Å²) in [6, 6.07) is 2.98. The van der Waals surface area contributed by atoms with Gasteiger partial charge in [-0.1, -0.05) is 0 Å². The third-order valence-electron chi connectivity index (χ3n) is 3.34. The van der Waals surface area contributed by atoms with E-state index in [0.29, 0.717) is 18.0 Å². The number of nitrogens with zero attached hydrogens (tertiary/aromatic N) is 2. The lowest BCUT2D eigenvalue weighted by molar-refractivity contribution is 0.387. The third kappa shape index (κ3) is 2.02. The number of fused-ring (bicyclic) bond motifs is 1. The van der Waals surface area contributed by atoms with E-state index in [1.54, 1.807) is 17.4 Å². The van der Waals surface area contributed by atoms with Crippen LogP contribution in [0.5, 0.6) is 5.75 Å². The number of ether oxygens (including phenoxy) is 1. The van der Waals surface area contributed by atoms with Gasteiger partial charge < -0.3 is 15.0 Å². The van der Waals surface area contributed by atoms with Gasteiger partial charge in [0.05, 0.1) is 24.7 Å². The number of hydrogen-bond acceptors (Lipinski definition) is 4. The number of halogens is 1. The Labute approximate surface area is 119 Å². The molecule has 0 aliphatic rings. The Hall–Kier alpha value is -2.08. The number of anilines is 1. The monoisotopic (exact) mass is 291 g/mol. The lowest BCUT2D eigenvalue weighted by Gasteiger charge is -2.07. The van der Waals surface area contributed by atoms with Crippen molar-refractivity contribution in [2.75, 3.05) is 12.8 Å². The first-order valence-electron chi connectivity index (χ1n) is 6.11. The van der Waals surface area contributed by atoms with Crippen molar-refractivity contribution in [3.8, 4) is 5.75 Å². The van der Waals surface area contributed by atoms with Crippen LogP contribution in [0.2, 0.25) is 0 Å². The molecule has 0 radical (unpaired) electrons. The molecule has 2 heterocycles. The van der Waals surface area contributed by atoms with Crippen LogP contribution in [0.4, 0.5) is 10.3 Å². The number of imidazole rings is 1. The van der Waals surface area contributed by atoms with Crippen LogP contribution in [0.15, 0.2) is 22.9 Å². The Kier molecular flexibility index (Phi) is 3.10. The summed E-state index contributed by atoms with van der Waals surface area (Å²) in [6.45, 7) is 2.67. The lowest BCUT2D eigenvalue weighted by atomic mass is 10.2. The predicted molar refractivity (Wildman–Crippen MR) is 78.8 cm³/mol. The summed E-state index contributed by atoms with van der Waals surface area (Å²) in [5, 5.41) is 4.17. The summed E-state index contributed by atoms with van der Waals surface area (Å²) in [5.41, 5.74) is 9.66. The molecule has 0 aliphatic carbocycles. The highest BCUT2D eigenvalue weighted by molar-refractivity contribution is 7.08. The minimum absolute atomic E-state index is 0.195. The molecule has 0 atom stereocenters. The van der Waals surface area contributed by atoms with Crippen molar-refractivity contribution in [1.29, 1.82) is 0 Å². The van der Waals surface area contributed by atoms with Gasteiger partial charge >= 0.3 is 0 Å². The van der Waals surface area contributed by atoms with E-state index in [0.717, 1.165) is 5.52 Å². The van der Waals surface area contributed by atoms with Gasteiger partial charge in [-0.05, 0) is 28.8 Å². The molecule has 4 nitrogen and oxygen atoms in total. The first-order chi connectivity index (χ1) is 9.60. The topological polar surface area (TPSA) is 53.1 Å². The van der Waals surface area contributed by atoms with Gasteiger partial charge in [0.15, 0.2) is 11.6 Å². The standard InChI is InChI=1S/C14H14FN3OS/c1-8-6-20-7-9(8)5-18-12-4-13(19-2)10(15)3-11(12)17-14(18)16/h3-4,6-7H,5H2,1-2H3,(H2,16,17). The molecular weight excluding hydrogens is 277 g/mol. The Balaban J connectivity index is 2.14. The number of methoxy groups -OCH3 is 1. The molecule has 6 heteroatoms. The molecule has 0 saturated heterocycles. The van der Waals surface area contributed by atoms with Crippen molar-refractivity contribution in [3.63, 3.8) is 0 Å². The fourth-order valence-corrected chi connectivity index (χ4v) is 3.04. The molecule has 0 unspecified atom stereocenters. The molecular formula is C14H14FN3OS. The first kappa shape index (κ1) is 12.9. The average Bonchev–Trinajstić information content (AvgIpc) is 2.94. The Morgan fingerprint density at radius 1 is 1.40 bits per heavy atom. The summed E-state index contributed by atoms with van der Waals surface area (Å²) in [4.78, 5) is 4.21. The van der Waals surface area contributed by atoms with Crippen molar-refractivity contribution in [2.45, 2.75) is 13.5 Å². The average molecular weight is 291 g/mol. The van der Waals surface area contributed by atoms with Crippen LogP contribution in [-0.2, 0) is 6.54 Å². The molecule has 0 saturated carbocycles. The molecule has 1 aromatic carbocycles. The number of aromatic nitrogens is 2. The number of rotatable bonds is 3. The number of nitrogens with two attached hydrogens (primary N) is 1. The van der Waals surface area contributed by atoms with Gasteiger partial charge in [-0.2, -0.15) is 11.3 Å². The number of nitrogen functional groups attached to an aromatic ring is 1. The van der Waals surface area contributed by atoms with Crippen LogP contribution in [0.1, 0.15) is 11.1 Å². The molecule has 0 amide bonds. The zero-order chi connectivity index (χ0) is 14.3. The van der Waals surface area contributed by atoms with E-state index < -0.39 is 5.82 Å². The maximum absolute atomic E-state index is 13.7. The first-order valence-corrected chi connectivity index (χ1v) is 7.05. The highest BCUT2D eigenvalue weighted by Crippen LogP contribution is 2.27. The van der Waals surface area contributed by atoms with Gasteiger partial charge in [-0.3, -0.25) is 0 Å². The van der Waals surface area contributed by atoms with E-state index in [2.05, 4.69) is 22.7 Å². The van der Waals surface area contributed by atoms with E-state index in [9.17, 15) is 4.39 Å². The zero-order valence-corrected chi connectivity index (χ0v) is 12.0. The molecule has 0 bridgehead atoms. The van der Waals surface area contributed by atoms with Gasteiger partial charge in [0.2, 0.25) is 5.95 Å². The summed E-state index contributed by atoms with van der Waals surface area (Å²) in [6.07, 6.45) is 0. The Morgan fingerprint density at radius 2 is 2.20 bits per heavy atom. The molecule has 2 N–H and O–H groups in total. The molecule has 3 aromatic rings. The third-order valence-corrected chi connectivity index (χ3v) is 4.25. The maximum atomic E-state index is 13.7. The van der Waals surface area contributed by atoms with Gasteiger partial charge in [-0.15, -0.1) is 0 Å². The number of hydrogen-bond donors (Lipinski definition) is 1. The van der Waals surface area contributed by atoms with Crippen LogP contribution in [0, 0.1) is 12.7 Å². The van der Waals surface area contributed by atoms with Crippen molar-refractivity contribution in [3.05, 3.63) is 39.8 Å². The summed E-state index contributed by atoms with van der Waals surface area (Å²) >= 11 is 1.65. The molecule has 0 fully saturated rings. The van der Waals surface area contributed by atoms with Gasteiger partial charge in [0.1, 0.15) is 0 Å². The second kappa shape index (κ2) is 4.79. The van der Waals surface area contributed by atoms with E-state index in [4.69, 9.17) is 10.5 Å². The molecule has 2 aromatic heterocycles. The highest BCUT2D eigenvalue weighted by Gasteiger charge is 2.14. The molecule has 104 valence electrons. The van der Waals surface area contributed by atoms with Crippen LogP contribution in [0.25, 0.3) is 11.0 Å². The Bertz CT molecular complexity index is 778. The lowest BCUT2D eigenvalue weighted by Crippen LogP contribution is -2.04. The normalized spacial score (nSPS) is 11.2. The van der Waals surface area contributed by atoms with Crippen LogP contribution in [0.3, 0.4) is 0 Å². The predicted octanol–water partition coefficient (Wildman–Crippen LogP) is 3.18.